The van der Waals surface area contributed by atoms with Gasteiger partial charge in [-0.25, -0.2) is 9.59 Å². The summed E-state index contributed by atoms with van der Waals surface area (Å²) in [6.07, 6.45) is 7.21. The minimum absolute atomic E-state index is 0. The molecule has 0 saturated heterocycles. The molecule has 0 amide bonds. The Kier molecular flexibility index (Phi) is 14.8. The molecule has 0 aliphatic rings. The van der Waals surface area contributed by atoms with Crippen LogP contribution in [0.3, 0.4) is 0 Å². The quantitative estimate of drug-likeness (QED) is 0.139. The van der Waals surface area contributed by atoms with Crippen LogP contribution >= 0.6 is 0 Å². The SMILES string of the molecule is O.O.O=C(c1ccc(C(=O)[O-])c(C(=O)[O-])c1)c1ccc(C(=O)O)c(C(=O)O)c1.[Cu+2].c1cnc2c(c1)ccc1cccnc12.c1cnc2c(c1)ccc1cccnc12. The van der Waals surface area contributed by atoms with Gasteiger partial charge in [-0.3, -0.25) is 24.7 Å². The second-order valence-corrected chi connectivity index (χ2v) is 11.5. The molecule has 0 aliphatic carbocycles. The van der Waals surface area contributed by atoms with Gasteiger partial charge in [0, 0.05) is 68.6 Å². The van der Waals surface area contributed by atoms with Gasteiger partial charge in [0.15, 0.2) is 5.78 Å². The summed E-state index contributed by atoms with van der Waals surface area (Å²) in [4.78, 5) is 73.9. The van der Waals surface area contributed by atoms with Crippen LogP contribution in [0.25, 0.3) is 43.6 Å². The minimum atomic E-state index is -1.84. The van der Waals surface area contributed by atoms with Crippen LogP contribution in [0.2, 0.25) is 0 Å². The third kappa shape index (κ3) is 9.61. The fourth-order valence-corrected chi connectivity index (χ4v) is 5.61. The number of nitrogens with zero attached hydrogens (tertiary/aromatic N) is 4. The van der Waals surface area contributed by atoms with Gasteiger partial charge in [-0.2, -0.15) is 0 Å². The molecule has 0 bridgehead atoms. The van der Waals surface area contributed by atoms with Gasteiger partial charge in [-0.05, 0) is 42.5 Å². The predicted molar refractivity (Wildman–Crippen MR) is 200 cm³/mol. The van der Waals surface area contributed by atoms with E-state index < -0.39 is 51.9 Å². The molecule has 8 aromatic rings. The van der Waals surface area contributed by atoms with E-state index >= 15 is 0 Å². The van der Waals surface area contributed by atoms with Crippen molar-refractivity contribution in [3.05, 3.63) is 167 Å². The summed E-state index contributed by atoms with van der Waals surface area (Å²) in [5.74, 6) is -7.52. The summed E-state index contributed by atoms with van der Waals surface area (Å²) >= 11 is 0. The van der Waals surface area contributed by atoms with Crippen LogP contribution in [0.15, 0.2) is 134 Å². The fraction of sp³-hybridized carbons (Fsp3) is 0. The number of rotatable bonds is 6. The number of hydrogen-bond donors (Lipinski definition) is 2. The summed E-state index contributed by atoms with van der Waals surface area (Å²) in [6.45, 7) is 0. The molecule has 6 N–H and O–H groups in total. The molecule has 0 saturated carbocycles. The first-order chi connectivity index (χ1) is 26.0. The van der Waals surface area contributed by atoms with Gasteiger partial charge < -0.3 is 41.0 Å². The van der Waals surface area contributed by atoms with Crippen molar-refractivity contribution in [3.63, 3.8) is 0 Å². The van der Waals surface area contributed by atoms with E-state index in [-0.39, 0.29) is 39.1 Å². The molecule has 0 spiro atoms. The number of carbonyl (C=O) groups is 5. The third-order valence-electron chi connectivity index (χ3n) is 8.15. The van der Waals surface area contributed by atoms with Gasteiger partial charge in [0.1, 0.15) is 0 Å². The summed E-state index contributed by atoms with van der Waals surface area (Å²) < 4.78 is 0. The van der Waals surface area contributed by atoms with Crippen LogP contribution in [0, 0.1) is 0 Å². The third-order valence-corrected chi connectivity index (χ3v) is 8.15. The standard InChI is InChI=1S/C17H10O9.2C12H8N2.Cu.2H2O/c18-13(7-1-3-9(14(19)20)11(5-7)16(23)24)8-2-4-10(15(21)22)12(6-8)17(25)26;2*1-3-9-5-6-10-4-2-8-14-12(10)11(9)13-7-1;;;/h1-6H,(H,19,20)(H,21,22)(H,23,24)(H,25,26);2*1-8H;;2*1H2/q;;;+2;;/p-2. The van der Waals surface area contributed by atoms with Crippen molar-refractivity contribution in [3.8, 4) is 0 Å². The first kappa shape index (κ1) is 43.9. The van der Waals surface area contributed by atoms with E-state index in [2.05, 4.69) is 68.5 Å². The molecule has 4 heterocycles. The van der Waals surface area contributed by atoms with Crippen molar-refractivity contribution in [2.24, 2.45) is 0 Å². The maximum absolute atomic E-state index is 12.4. The normalized spacial score (nSPS) is 9.96. The Bertz CT molecular complexity index is 2500. The minimum Gasteiger partial charge on any atom is -0.545 e. The largest absolute Gasteiger partial charge is 2.00 e. The first-order valence-corrected chi connectivity index (χ1v) is 15.9. The van der Waals surface area contributed by atoms with Crippen LogP contribution in [0.4, 0.5) is 0 Å². The number of carboxylic acid groups (broad SMARTS) is 4. The maximum Gasteiger partial charge on any atom is 2.00 e. The van der Waals surface area contributed by atoms with E-state index in [0.29, 0.717) is 0 Å². The second-order valence-electron chi connectivity index (χ2n) is 11.5. The number of benzene rings is 4. The van der Waals surface area contributed by atoms with Gasteiger partial charge in [0.05, 0.1) is 45.1 Å². The van der Waals surface area contributed by atoms with Crippen molar-refractivity contribution in [2.75, 3.05) is 0 Å². The number of aromatic nitrogens is 4. The molecule has 8 rings (SSSR count). The molecule has 1 radical (unpaired) electrons. The van der Waals surface area contributed by atoms with E-state index in [4.69, 9.17) is 10.2 Å². The van der Waals surface area contributed by atoms with Gasteiger partial charge in [-0.1, -0.05) is 66.7 Å². The molecular weight excluding hydrogens is 788 g/mol. The zero-order valence-electron chi connectivity index (χ0n) is 29.0. The van der Waals surface area contributed by atoms with Crippen molar-refractivity contribution in [2.45, 2.75) is 0 Å². The average Bonchev–Trinajstić information content (AvgIpc) is 3.20. The van der Waals surface area contributed by atoms with Crippen LogP contribution in [0.1, 0.15) is 57.4 Å². The van der Waals surface area contributed by atoms with Crippen LogP contribution in [-0.4, -0.2) is 70.8 Å². The molecular formula is C41H28CuN4O11. The number of hydrogen-bond acceptors (Lipinski definition) is 11. The van der Waals surface area contributed by atoms with Gasteiger partial charge in [0.25, 0.3) is 0 Å². The van der Waals surface area contributed by atoms with Crippen molar-refractivity contribution < 1.29 is 72.4 Å². The number of aromatic carboxylic acids is 4. The van der Waals surface area contributed by atoms with E-state index in [1.807, 2.05) is 24.3 Å². The molecule has 0 atom stereocenters. The molecule has 15 nitrogen and oxygen atoms in total. The monoisotopic (exact) mass is 815 g/mol. The molecule has 0 fully saturated rings. The van der Waals surface area contributed by atoms with Crippen LogP contribution in [-0.2, 0) is 17.1 Å². The smallest absolute Gasteiger partial charge is 0.545 e. The topological polar surface area (TPSA) is 286 Å². The Balaban J connectivity index is 0.000000238. The van der Waals surface area contributed by atoms with Crippen molar-refractivity contribution >= 4 is 73.3 Å². The number of fused-ring (bicyclic) bond motifs is 6. The van der Waals surface area contributed by atoms with Gasteiger partial charge in [-0.15, -0.1) is 0 Å². The Morgan fingerprint density at radius 3 is 1.05 bits per heavy atom. The Morgan fingerprint density at radius 1 is 0.421 bits per heavy atom. The zero-order chi connectivity index (χ0) is 38.4. The van der Waals surface area contributed by atoms with E-state index in [1.165, 1.54) is 0 Å². The first-order valence-electron chi connectivity index (χ1n) is 15.9. The van der Waals surface area contributed by atoms with Gasteiger partial charge >= 0.3 is 29.0 Å². The summed E-state index contributed by atoms with van der Waals surface area (Å²) in [6, 6.07) is 29.7. The van der Waals surface area contributed by atoms with Crippen LogP contribution < -0.4 is 10.2 Å². The Hall–Kier alpha value is -7.49. The average molecular weight is 816 g/mol. The number of pyridine rings is 4. The van der Waals surface area contributed by atoms with Crippen molar-refractivity contribution in [1.29, 1.82) is 0 Å². The number of carbonyl (C=O) groups excluding carboxylic acids is 3. The Morgan fingerprint density at radius 2 is 0.737 bits per heavy atom. The fourth-order valence-electron chi connectivity index (χ4n) is 5.61. The summed E-state index contributed by atoms with van der Waals surface area (Å²) in [5.41, 5.74) is 0.802. The number of ketones is 1. The van der Waals surface area contributed by atoms with Gasteiger partial charge in [0.2, 0.25) is 0 Å². The molecule has 289 valence electrons. The molecule has 16 heteroatoms. The molecule has 4 aromatic carbocycles. The zero-order valence-corrected chi connectivity index (χ0v) is 30.0. The van der Waals surface area contributed by atoms with E-state index in [1.54, 1.807) is 24.8 Å². The van der Waals surface area contributed by atoms with E-state index in [9.17, 15) is 34.2 Å². The summed E-state index contributed by atoms with van der Waals surface area (Å²) in [5, 5.41) is 44.5. The maximum atomic E-state index is 12.4. The predicted octanol–water partition coefficient (Wildman–Crippen LogP) is 2.96. The second kappa shape index (κ2) is 19.2. The molecule has 4 aromatic heterocycles. The number of carboxylic acids is 4. The molecule has 0 unspecified atom stereocenters. The summed E-state index contributed by atoms with van der Waals surface area (Å²) in [7, 11) is 0. The van der Waals surface area contributed by atoms with Crippen LogP contribution in [0.5, 0.6) is 0 Å². The molecule has 57 heavy (non-hydrogen) atoms. The Labute approximate surface area is 332 Å². The van der Waals surface area contributed by atoms with Crippen molar-refractivity contribution in [1.82, 2.24) is 19.9 Å². The molecule has 0 aliphatic heterocycles. The van der Waals surface area contributed by atoms with E-state index in [0.717, 1.165) is 80.0 Å².